The summed E-state index contributed by atoms with van der Waals surface area (Å²) in [6.45, 7) is 5.80. The normalized spacial score (nSPS) is 11.1. The minimum atomic E-state index is -0.683. The lowest BCUT2D eigenvalue weighted by atomic mass is 10.2. The van der Waals surface area contributed by atoms with Gasteiger partial charge in [-0.3, -0.25) is 0 Å². The van der Waals surface area contributed by atoms with E-state index in [-0.39, 0.29) is 13.1 Å². The number of ether oxygens (including phenoxy) is 1. The van der Waals surface area contributed by atoms with Gasteiger partial charge in [-0.25, -0.2) is 4.79 Å². The van der Waals surface area contributed by atoms with Crippen molar-refractivity contribution in [2.45, 2.75) is 32.9 Å². The van der Waals surface area contributed by atoms with Crippen molar-refractivity contribution in [3.8, 4) is 0 Å². The molecule has 1 aromatic heterocycles. The molecule has 1 N–H and O–H groups in total. The maximum Gasteiger partial charge on any atom is 0.490 e. The lowest BCUT2D eigenvalue weighted by Gasteiger charge is -2.19. The Morgan fingerprint density at radius 2 is 2.28 bits per heavy atom. The van der Waals surface area contributed by atoms with Gasteiger partial charge in [0.2, 0.25) is 6.33 Å². The smallest absolute Gasteiger partial charge is 0.444 e. The number of nitrogens with one attached hydrogen (secondary N) is 1. The van der Waals surface area contributed by atoms with Crippen LogP contribution in [0.15, 0.2) is 6.33 Å². The fraction of sp³-hybridized carbons (Fsp3) is 0.667. The van der Waals surface area contributed by atoms with Gasteiger partial charge < -0.3 is 20.2 Å². The van der Waals surface area contributed by atoms with E-state index < -0.39 is 22.6 Å². The fourth-order valence-electron chi connectivity index (χ4n) is 1.06. The van der Waals surface area contributed by atoms with Crippen molar-refractivity contribution in [2.24, 2.45) is 0 Å². The van der Waals surface area contributed by atoms with E-state index >= 15 is 0 Å². The molecule has 0 radical (unpaired) electrons. The van der Waals surface area contributed by atoms with Crippen LogP contribution >= 0.6 is 0 Å². The maximum absolute atomic E-state index is 11.3. The molecule has 1 rings (SSSR count). The standard InChI is InChI=1S/C9H15N5O4/c1-9(2,3)18-8(15)10-4-5-13-6-11-7(12-13)14(16)17/h6H,4-5H2,1-3H3,(H,10,15). The largest absolute Gasteiger partial charge is 0.490 e. The molecular weight excluding hydrogens is 242 g/mol. The molecule has 0 unspecified atom stereocenters. The van der Waals surface area contributed by atoms with Crippen molar-refractivity contribution < 1.29 is 14.5 Å². The zero-order valence-electron chi connectivity index (χ0n) is 10.4. The molecule has 0 aliphatic carbocycles. The van der Waals surface area contributed by atoms with E-state index in [1.165, 1.54) is 11.0 Å². The van der Waals surface area contributed by atoms with Crippen LogP contribution in [0.1, 0.15) is 20.8 Å². The third-order valence-corrected chi connectivity index (χ3v) is 1.70. The van der Waals surface area contributed by atoms with Gasteiger partial charge in [-0.1, -0.05) is 4.98 Å². The van der Waals surface area contributed by atoms with E-state index in [0.717, 1.165) is 0 Å². The fourth-order valence-corrected chi connectivity index (χ4v) is 1.06. The van der Waals surface area contributed by atoms with Crippen molar-refractivity contribution in [1.29, 1.82) is 0 Å². The zero-order chi connectivity index (χ0) is 13.8. The van der Waals surface area contributed by atoms with Crippen LogP contribution in [-0.2, 0) is 11.3 Å². The average molecular weight is 257 g/mol. The van der Waals surface area contributed by atoms with Gasteiger partial charge in [0.15, 0.2) is 0 Å². The first-order chi connectivity index (χ1) is 8.28. The highest BCUT2D eigenvalue weighted by Gasteiger charge is 2.16. The van der Waals surface area contributed by atoms with Crippen molar-refractivity contribution in [3.63, 3.8) is 0 Å². The third kappa shape index (κ3) is 4.76. The van der Waals surface area contributed by atoms with Gasteiger partial charge in [0.25, 0.3) is 0 Å². The highest BCUT2D eigenvalue weighted by molar-refractivity contribution is 5.67. The highest BCUT2D eigenvalue weighted by Crippen LogP contribution is 2.06. The second-order valence-corrected chi connectivity index (χ2v) is 4.49. The van der Waals surface area contributed by atoms with E-state index in [1.807, 2.05) is 0 Å². The molecule has 0 atom stereocenters. The van der Waals surface area contributed by atoms with E-state index in [2.05, 4.69) is 15.4 Å². The molecule has 0 aliphatic rings. The van der Waals surface area contributed by atoms with Crippen molar-refractivity contribution in [2.75, 3.05) is 6.54 Å². The SMILES string of the molecule is CC(C)(C)OC(=O)NCCn1cnc([N+](=O)[O-])n1. The monoisotopic (exact) mass is 257 g/mol. The Bertz CT molecular complexity index is 436. The third-order valence-electron chi connectivity index (χ3n) is 1.70. The Morgan fingerprint density at radius 1 is 1.61 bits per heavy atom. The van der Waals surface area contributed by atoms with Crippen molar-refractivity contribution >= 4 is 12.0 Å². The molecule has 1 amide bonds. The predicted molar refractivity (Wildman–Crippen MR) is 60.9 cm³/mol. The first kappa shape index (κ1) is 13.9. The minimum absolute atomic E-state index is 0.245. The van der Waals surface area contributed by atoms with E-state index in [4.69, 9.17) is 4.74 Å². The maximum atomic E-state index is 11.3. The summed E-state index contributed by atoms with van der Waals surface area (Å²) < 4.78 is 6.29. The van der Waals surface area contributed by atoms with Gasteiger partial charge >= 0.3 is 12.0 Å². The zero-order valence-corrected chi connectivity index (χ0v) is 10.4. The average Bonchev–Trinajstić information content (AvgIpc) is 2.63. The highest BCUT2D eigenvalue weighted by atomic mass is 16.6. The number of alkyl carbamates (subject to hydrolysis) is 1. The van der Waals surface area contributed by atoms with Crippen LogP contribution in [0, 0.1) is 10.1 Å². The molecule has 0 fully saturated rings. The molecule has 0 saturated heterocycles. The number of aromatic nitrogens is 3. The van der Waals surface area contributed by atoms with Gasteiger partial charge in [0, 0.05) is 11.6 Å². The van der Waals surface area contributed by atoms with Crippen molar-refractivity contribution in [1.82, 2.24) is 20.1 Å². The lowest BCUT2D eigenvalue weighted by molar-refractivity contribution is -0.394. The van der Waals surface area contributed by atoms with Gasteiger partial charge in [-0.2, -0.15) is 4.68 Å². The first-order valence-corrected chi connectivity index (χ1v) is 5.28. The Kier molecular flexibility index (Phi) is 4.18. The topological polar surface area (TPSA) is 112 Å². The van der Waals surface area contributed by atoms with Crippen LogP contribution < -0.4 is 5.32 Å². The number of carbonyl (C=O) groups is 1. The molecule has 0 saturated carbocycles. The summed E-state index contributed by atoms with van der Waals surface area (Å²) in [6, 6.07) is 0. The first-order valence-electron chi connectivity index (χ1n) is 5.28. The van der Waals surface area contributed by atoms with Crippen LogP contribution in [0.5, 0.6) is 0 Å². The molecule has 0 bridgehead atoms. The second kappa shape index (κ2) is 5.43. The molecule has 18 heavy (non-hydrogen) atoms. The van der Waals surface area contributed by atoms with Crippen molar-refractivity contribution in [3.05, 3.63) is 16.4 Å². The molecule has 1 aromatic rings. The number of hydrogen-bond donors (Lipinski definition) is 1. The Morgan fingerprint density at radius 3 is 2.78 bits per heavy atom. The molecule has 0 aliphatic heterocycles. The predicted octanol–water partition coefficient (Wildman–Crippen LogP) is 0.711. The minimum Gasteiger partial charge on any atom is -0.444 e. The van der Waals surface area contributed by atoms with Crippen LogP contribution in [0.25, 0.3) is 0 Å². The molecule has 9 nitrogen and oxygen atoms in total. The Balaban J connectivity index is 2.33. The van der Waals surface area contributed by atoms with E-state index in [0.29, 0.717) is 0 Å². The Hall–Kier alpha value is -2.19. The summed E-state index contributed by atoms with van der Waals surface area (Å²) in [6.07, 6.45) is 0.687. The number of rotatable bonds is 4. The van der Waals surface area contributed by atoms with Crippen LogP contribution in [-0.4, -0.2) is 37.9 Å². The lowest BCUT2D eigenvalue weighted by Crippen LogP contribution is -2.34. The number of carbonyl (C=O) groups excluding carboxylic acids is 1. The van der Waals surface area contributed by atoms with E-state index in [1.54, 1.807) is 20.8 Å². The molecular formula is C9H15N5O4. The molecule has 100 valence electrons. The Labute approximate surface area is 103 Å². The summed E-state index contributed by atoms with van der Waals surface area (Å²) in [5, 5.41) is 16.4. The summed E-state index contributed by atoms with van der Waals surface area (Å²) in [7, 11) is 0. The van der Waals surface area contributed by atoms with Crippen LogP contribution in [0.4, 0.5) is 10.7 Å². The quantitative estimate of drug-likeness (QED) is 0.628. The van der Waals surface area contributed by atoms with Gasteiger partial charge in [-0.15, -0.1) is 0 Å². The van der Waals surface area contributed by atoms with Gasteiger partial charge in [-0.05, 0) is 25.7 Å². The molecule has 0 aromatic carbocycles. The summed E-state index contributed by atoms with van der Waals surface area (Å²) in [4.78, 5) is 24.4. The van der Waals surface area contributed by atoms with Crippen LogP contribution in [0.2, 0.25) is 0 Å². The van der Waals surface area contributed by atoms with Gasteiger partial charge in [0.1, 0.15) is 5.60 Å². The number of nitrogens with zero attached hydrogens (tertiary/aromatic N) is 4. The van der Waals surface area contributed by atoms with E-state index in [9.17, 15) is 14.9 Å². The van der Waals surface area contributed by atoms with Gasteiger partial charge in [0.05, 0.1) is 6.54 Å². The summed E-state index contributed by atoms with van der Waals surface area (Å²) in [5.74, 6) is -0.465. The molecule has 1 heterocycles. The summed E-state index contributed by atoms with van der Waals surface area (Å²) in [5.41, 5.74) is -0.559. The second-order valence-electron chi connectivity index (χ2n) is 4.49. The molecule has 9 heteroatoms. The number of nitro groups is 1. The number of hydrogen-bond acceptors (Lipinski definition) is 6. The van der Waals surface area contributed by atoms with Crippen LogP contribution in [0.3, 0.4) is 0 Å². The number of amides is 1. The summed E-state index contributed by atoms with van der Waals surface area (Å²) >= 11 is 0. The molecule has 0 spiro atoms.